The Morgan fingerprint density at radius 2 is 2.16 bits per heavy atom. The van der Waals surface area contributed by atoms with Gasteiger partial charge in [0.1, 0.15) is 0 Å². The number of aromatic nitrogens is 2. The van der Waals surface area contributed by atoms with Gasteiger partial charge in [0.05, 0.1) is 37.1 Å². The summed E-state index contributed by atoms with van der Waals surface area (Å²) in [5, 5.41) is 0. The summed E-state index contributed by atoms with van der Waals surface area (Å²) in [4.78, 5) is 37.8. The van der Waals surface area contributed by atoms with E-state index in [1.54, 1.807) is 20.8 Å². The SMILES string of the molecule is CO[C@H](CCOP1(=O)C[C@@H]2[C@@H](CO1)O[C@@H](n1ccc(=O)[nH]c1=O)[C@]2(C)N)C(=O)OC(C)C. The summed E-state index contributed by atoms with van der Waals surface area (Å²) in [6, 6.07) is 1.20. The Balaban J connectivity index is 1.66. The average molecular weight is 475 g/mol. The van der Waals surface area contributed by atoms with Crippen molar-refractivity contribution in [1.82, 2.24) is 9.55 Å². The van der Waals surface area contributed by atoms with E-state index in [0.29, 0.717) is 0 Å². The molecule has 2 fully saturated rings. The van der Waals surface area contributed by atoms with E-state index in [9.17, 15) is 18.9 Å². The zero-order valence-electron chi connectivity index (χ0n) is 18.5. The molecule has 0 saturated carbocycles. The Bertz CT molecular complexity index is 989. The van der Waals surface area contributed by atoms with Gasteiger partial charge in [0, 0.05) is 31.7 Å². The number of carbonyl (C=O) groups is 1. The first-order chi connectivity index (χ1) is 15.0. The molecule has 0 spiro atoms. The lowest BCUT2D eigenvalue weighted by atomic mass is 9.85. The largest absolute Gasteiger partial charge is 0.461 e. The number of esters is 1. The van der Waals surface area contributed by atoms with Crippen LogP contribution in [0, 0.1) is 5.92 Å². The molecule has 12 nitrogen and oxygen atoms in total. The Labute approximate surface area is 184 Å². The van der Waals surface area contributed by atoms with Crippen LogP contribution >= 0.6 is 7.60 Å². The van der Waals surface area contributed by atoms with Crippen molar-refractivity contribution in [3.63, 3.8) is 0 Å². The number of aromatic amines is 1. The first-order valence-electron chi connectivity index (χ1n) is 10.3. The number of methoxy groups -OCH3 is 1. The zero-order valence-corrected chi connectivity index (χ0v) is 19.4. The van der Waals surface area contributed by atoms with Crippen molar-refractivity contribution in [2.45, 2.75) is 57.3 Å². The molecule has 2 saturated heterocycles. The second-order valence-corrected chi connectivity index (χ2v) is 10.5. The van der Waals surface area contributed by atoms with Crippen LogP contribution in [0.3, 0.4) is 0 Å². The van der Waals surface area contributed by atoms with Crippen LogP contribution in [-0.2, 0) is 32.6 Å². The van der Waals surface area contributed by atoms with Crippen molar-refractivity contribution in [2.75, 3.05) is 26.5 Å². The van der Waals surface area contributed by atoms with Gasteiger partial charge in [-0.25, -0.2) is 9.59 Å². The molecular formula is C19H30N3O9P. The number of H-pyrrole nitrogens is 1. The second kappa shape index (κ2) is 9.58. The molecule has 0 aliphatic carbocycles. The maximum atomic E-state index is 13.2. The van der Waals surface area contributed by atoms with Crippen LogP contribution in [0.2, 0.25) is 0 Å². The zero-order chi connectivity index (χ0) is 23.7. The van der Waals surface area contributed by atoms with Gasteiger partial charge in [0.2, 0.25) is 0 Å². The van der Waals surface area contributed by atoms with Gasteiger partial charge in [-0.05, 0) is 20.8 Å². The summed E-state index contributed by atoms with van der Waals surface area (Å²) >= 11 is 0. The Kier molecular flexibility index (Phi) is 7.43. The molecule has 1 aromatic rings. The number of fused-ring (bicyclic) bond motifs is 1. The van der Waals surface area contributed by atoms with Crippen molar-refractivity contribution < 1.29 is 32.6 Å². The molecule has 2 aliphatic rings. The summed E-state index contributed by atoms with van der Waals surface area (Å²) in [7, 11) is -2.16. The molecule has 0 bridgehead atoms. The summed E-state index contributed by atoms with van der Waals surface area (Å²) in [6.07, 6.45) is -1.11. The molecule has 3 rings (SSSR count). The van der Waals surface area contributed by atoms with Crippen molar-refractivity contribution in [1.29, 1.82) is 0 Å². The van der Waals surface area contributed by atoms with E-state index in [1.165, 1.54) is 23.9 Å². The molecule has 0 aromatic carbocycles. The monoisotopic (exact) mass is 475 g/mol. The molecule has 0 amide bonds. The molecule has 3 heterocycles. The average Bonchev–Trinajstić information content (AvgIpc) is 2.95. The van der Waals surface area contributed by atoms with Gasteiger partial charge in [-0.3, -0.25) is 18.9 Å². The highest BCUT2D eigenvalue weighted by atomic mass is 31.2. The van der Waals surface area contributed by atoms with Gasteiger partial charge < -0.3 is 29.0 Å². The van der Waals surface area contributed by atoms with Crippen LogP contribution in [0.1, 0.15) is 33.4 Å². The molecular weight excluding hydrogens is 445 g/mol. The maximum absolute atomic E-state index is 13.2. The minimum absolute atomic E-state index is 0.0205. The van der Waals surface area contributed by atoms with Gasteiger partial charge in [-0.15, -0.1) is 0 Å². The van der Waals surface area contributed by atoms with E-state index in [2.05, 4.69) is 4.98 Å². The van der Waals surface area contributed by atoms with Crippen molar-refractivity contribution >= 4 is 13.6 Å². The molecule has 2 aliphatic heterocycles. The van der Waals surface area contributed by atoms with Gasteiger partial charge in [-0.2, -0.15) is 0 Å². The highest BCUT2D eigenvalue weighted by Gasteiger charge is 2.57. The van der Waals surface area contributed by atoms with E-state index in [4.69, 9.17) is 29.0 Å². The van der Waals surface area contributed by atoms with Crippen LogP contribution in [-0.4, -0.2) is 65.9 Å². The summed E-state index contributed by atoms with van der Waals surface area (Å²) < 4.78 is 41.7. The van der Waals surface area contributed by atoms with E-state index in [1.807, 2.05) is 0 Å². The number of nitrogens with one attached hydrogen (secondary N) is 1. The smallest absolute Gasteiger partial charge is 0.335 e. The maximum Gasteiger partial charge on any atom is 0.335 e. The number of hydrogen-bond acceptors (Lipinski definition) is 10. The van der Waals surface area contributed by atoms with Gasteiger partial charge in [0.15, 0.2) is 12.3 Å². The van der Waals surface area contributed by atoms with E-state index < -0.39 is 54.7 Å². The quantitative estimate of drug-likeness (QED) is 0.397. The number of rotatable bonds is 8. The van der Waals surface area contributed by atoms with Gasteiger partial charge >= 0.3 is 19.3 Å². The molecule has 6 atom stereocenters. The van der Waals surface area contributed by atoms with Crippen LogP contribution in [0.4, 0.5) is 0 Å². The molecule has 1 aromatic heterocycles. The summed E-state index contributed by atoms with van der Waals surface area (Å²) in [5.41, 5.74) is 4.25. The Morgan fingerprint density at radius 1 is 1.44 bits per heavy atom. The minimum atomic E-state index is -3.54. The highest BCUT2D eigenvalue weighted by Crippen LogP contribution is 2.58. The lowest BCUT2D eigenvalue weighted by Gasteiger charge is -2.36. The van der Waals surface area contributed by atoms with Crippen LogP contribution in [0.5, 0.6) is 0 Å². The number of hydrogen-bond donors (Lipinski definition) is 2. The minimum Gasteiger partial charge on any atom is -0.461 e. The van der Waals surface area contributed by atoms with Crippen LogP contribution < -0.4 is 17.0 Å². The number of nitrogens with zero attached hydrogens (tertiary/aromatic N) is 1. The second-order valence-electron chi connectivity index (χ2n) is 8.44. The topological polar surface area (TPSA) is 161 Å². The number of ether oxygens (including phenoxy) is 3. The number of carbonyl (C=O) groups excluding carboxylic acids is 1. The summed E-state index contributed by atoms with van der Waals surface area (Å²) in [5.74, 6) is -0.961. The van der Waals surface area contributed by atoms with Crippen molar-refractivity contribution in [2.24, 2.45) is 11.7 Å². The predicted molar refractivity (Wildman–Crippen MR) is 112 cm³/mol. The van der Waals surface area contributed by atoms with Crippen LogP contribution in [0.15, 0.2) is 21.9 Å². The fourth-order valence-corrected chi connectivity index (χ4v) is 6.10. The molecule has 3 N–H and O–H groups in total. The first-order valence-corrected chi connectivity index (χ1v) is 12.1. The molecule has 1 unspecified atom stereocenters. The Hall–Kier alpha value is -1.82. The van der Waals surface area contributed by atoms with E-state index >= 15 is 0 Å². The van der Waals surface area contributed by atoms with Gasteiger partial charge in [-0.1, -0.05) is 0 Å². The van der Waals surface area contributed by atoms with Gasteiger partial charge in [0.25, 0.3) is 5.56 Å². The fraction of sp³-hybridized carbons (Fsp3) is 0.737. The Morgan fingerprint density at radius 3 is 2.78 bits per heavy atom. The standard InChI is InChI=1S/C19H30N3O9P/c1-11(2)30-16(24)13(27-4)6-8-28-32(26)10-12-14(9-29-32)31-17(19(12,3)20)22-7-5-15(23)21-18(22)25/h5,7,11-14,17H,6,8-10,20H2,1-4H3,(H,21,23,25)/t12-,13-,14-,17-,19-,32?/m1/s1. The third-order valence-corrected chi connectivity index (χ3v) is 7.57. The van der Waals surface area contributed by atoms with Crippen molar-refractivity contribution in [3.05, 3.63) is 33.1 Å². The lowest BCUT2D eigenvalue weighted by molar-refractivity contribution is -0.160. The van der Waals surface area contributed by atoms with E-state index in [-0.39, 0.29) is 31.9 Å². The first kappa shape index (κ1) is 24.8. The molecule has 180 valence electrons. The lowest BCUT2D eigenvalue weighted by Crippen LogP contribution is -2.52. The fourth-order valence-electron chi connectivity index (χ4n) is 3.95. The normalized spacial score (nSPS) is 33.1. The number of nitrogens with two attached hydrogens (primary N) is 1. The third kappa shape index (κ3) is 5.22. The predicted octanol–water partition coefficient (Wildman–Crippen LogP) is 0.364. The van der Waals surface area contributed by atoms with Crippen LogP contribution in [0.25, 0.3) is 0 Å². The van der Waals surface area contributed by atoms with E-state index in [0.717, 1.165) is 0 Å². The molecule has 32 heavy (non-hydrogen) atoms. The summed E-state index contributed by atoms with van der Waals surface area (Å²) in [6.45, 7) is 5.07. The highest BCUT2D eigenvalue weighted by molar-refractivity contribution is 7.53. The third-order valence-electron chi connectivity index (χ3n) is 5.61. The molecule has 13 heteroatoms. The van der Waals surface area contributed by atoms with Crippen molar-refractivity contribution in [3.8, 4) is 0 Å². The molecule has 0 radical (unpaired) electrons.